The van der Waals surface area contributed by atoms with E-state index in [-0.39, 0.29) is 0 Å². The van der Waals surface area contributed by atoms with Crippen molar-refractivity contribution in [2.24, 2.45) is 7.05 Å². The van der Waals surface area contributed by atoms with Crippen molar-refractivity contribution in [2.45, 2.75) is 58.3 Å². The zero-order valence-corrected chi connectivity index (χ0v) is 16.5. The summed E-state index contributed by atoms with van der Waals surface area (Å²) in [7, 11) is 2.17. The molecule has 1 aliphatic rings. The van der Waals surface area contributed by atoms with Crippen molar-refractivity contribution in [1.29, 1.82) is 0 Å². The van der Waals surface area contributed by atoms with Crippen molar-refractivity contribution in [3.8, 4) is 11.3 Å². The van der Waals surface area contributed by atoms with Crippen molar-refractivity contribution >= 4 is 10.8 Å². The Morgan fingerprint density at radius 1 is 0.962 bits per heavy atom. The highest BCUT2D eigenvalue weighted by Crippen LogP contribution is 2.37. The molecule has 26 heavy (non-hydrogen) atoms. The lowest BCUT2D eigenvalue weighted by atomic mass is 9.91. The highest BCUT2D eigenvalue weighted by Gasteiger charge is 2.21. The quantitative estimate of drug-likeness (QED) is 0.483. The van der Waals surface area contributed by atoms with E-state index in [0.29, 0.717) is 5.92 Å². The minimum absolute atomic E-state index is 0.545. The molecule has 1 aliphatic carbocycles. The van der Waals surface area contributed by atoms with E-state index in [9.17, 15) is 0 Å². The van der Waals surface area contributed by atoms with E-state index in [1.807, 2.05) is 0 Å². The van der Waals surface area contributed by atoms with Crippen LogP contribution >= 0.6 is 0 Å². The van der Waals surface area contributed by atoms with E-state index < -0.39 is 0 Å². The minimum atomic E-state index is 0.545. The molecule has 4 rings (SSSR count). The van der Waals surface area contributed by atoms with E-state index in [0.717, 1.165) is 5.92 Å². The van der Waals surface area contributed by atoms with Crippen LogP contribution in [0.1, 0.15) is 68.1 Å². The zero-order valence-electron chi connectivity index (χ0n) is 16.5. The van der Waals surface area contributed by atoms with Crippen molar-refractivity contribution in [2.75, 3.05) is 0 Å². The number of rotatable bonds is 3. The molecule has 1 aromatic heterocycles. The topological polar surface area (TPSA) is 3.88 Å². The van der Waals surface area contributed by atoms with Gasteiger partial charge in [0.2, 0.25) is 5.69 Å². The molecule has 0 unspecified atom stereocenters. The summed E-state index contributed by atoms with van der Waals surface area (Å²) < 4.78 is 2.28. The van der Waals surface area contributed by atoms with Gasteiger partial charge in [0.25, 0.3) is 0 Å². The molecule has 1 heteroatoms. The first-order valence-corrected chi connectivity index (χ1v) is 10.1. The first kappa shape index (κ1) is 17.3. The van der Waals surface area contributed by atoms with Gasteiger partial charge in [-0.2, -0.15) is 0 Å². The first-order valence-electron chi connectivity index (χ1n) is 10.1. The summed E-state index contributed by atoms with van der Waals surface area (Å²) >= 11 is 0. The maximum atomic E-state index is 2.44. The molecule has 0 bridgehead atoms. The van der Waals surface area contributed by atoms with Gasteiger partial charge in [-0.25, -0.2) is 4.57 Å². The largest absolute Gasteiger partial charge is 0.220 e. The van der Waals surface area contributed by atoms with E-state index in [1.54, 1.807) is 0 Å². The number of hydrogen-bond acceptors (Lipinski definition) is 0. The molecular formula is C25H30N+. The lowest BCUT2D eigenvalue weighted by Crippen LogP contribution is -2.30. The number of benzene rings is 2. The van der Waals surface area contributed by atoms with Crippen LogP contribution in [0.15, 0.2) is 48.7 Å². The second-order valence-electron chi connectivity index (χ2n) is 8.33. The van der Waals surface area contributed by atoms with E-state index in [2.05, 4.69) is 81.0 Å². The van der Waals surface area contributed by atoms with Crippen molar-refractivity contribution in [3.63, 3.8) is 0 Å². The molecule has 1 saturated carbocycles. The third-order valence-electron chi connectivity index (χ3n) is 6.17. The Balaban J connectivity index is 1.89. The molecule has 1 heterocycles. The summed E-state index contributed by atoms with van der Waals surface area (Å²) in [6, 6.07) is 16.4. The van der Waals surface area contributed by atoms with E-state index >= 15 is 0 Å². The van der Waals surface area contributed by atoms with Gasteiger partial charge < -0.3 is 0 Å². The predicted octanol–water partition coefficient (Wildman–Crippen LogP) is 6.42. The molecular weight excluding hydrogens is 314 g/mol. The Morgan fingerprint density at radius 2 is 1.73 bits per heavy atom. The fourth-order valence-electron chi connectivity index (χ4n) is 4.49. The number of nitrogens with zero attached hydrogens (tertiary/aromatic N) is 1. The summed E-state index contributed by atoms with van der Waals surface area (Å²) in [4.78, 5) is 0. The molecule has 0 radical (unpaired) electrons. The van der Waals surface area contributed by atoms with Gasteiger partial charge in [-0.15, -0.1) is 0 Å². The van der Waals surface area contributed by atoms with Crippen LogP contribution in [0.5, 0.6) is 0 Å². The maximum absolute atomic E-state index is 2.44. The Morgan fingerprint density at radius 3 is 2.46 bits per heavy atom. The lowest BCUT2D eigenvalue weighted by molar-refractivity contribution is -0.659. The van der Waals surface area contributed by atoms with Crippen LogP contribution in [0.25, 0.3) is 22.0 Å². The molecule has 0 spiro atoms. The van der Waals surface area contributed by atoms with Crippen LogP contribution in [0.3, 0.4) is 0 Å². The second-order valence-corrected chi connectivity index (χ2v) is 8.33. The van der Waals surface area contributed by atoms with Gasteiger partial charge in [-0.3, -0.25) is 0 Å². The van der Waals surface area contributed by atoms with E-state index in [1.165, 1.54) is 64.4 Å². The normalized spacial score (nSPS) is 15.3. The molecule has 0 N–H and O–H groups in total. The maximum Gasteiger partial charge on any atom is 0.220 e. The SMILES string of the molecule is Cc1ccc(C(C)C)cc1-c1c2ccc(C3CCCC3)cc2cc[n+]1C. The Kier molecular flexibility index (Phi) is 4.56. The molecule has 0 amide bonds. The van der Waals surface area contributed by atoms with Gasteiger partial charge in [-0.1, -0.05) is 51.0 Å². The number of fused-ring (bicyclic) bond motifs is 1. The van der Waals surface area contributed by atoms with Crippen LogP contribution in [0.4, 0.5) is 0 Å². The van der Waals surface area contributed by atoms with Crippen LogP contribution in [0, 0.1) is 6.92 Å². The molecule has 1 nitrogen and oxygen atoms in total. The standard InChI is InChI=1S/C25H30N/c1-17(2)20-10-9-18(3)24(16-20)25-23-12-11-21(19-7-5-6-8-19)15-22(23)13-14-26(25)4/h9-17,19H,5-8H2,1-4H3/q+1. The van der Waals surface area contributed by atoms with Gasteiger partial charge >= 0.3 is 0 Å². The zero-order chi connectivity index (χ0) is 18.3. The first-order chi connectivity index (χ1) is 12.5. The van der Waals surface area contributed by atoms with Gasteiger partial charge in [0.15, 0.2) is 6.20 Å². The summed E-state index contributed by atoms with van der Waals surface area (Å²) in [5.74, 6) is 1.31. The number of aromatic nitrogens is 1. The van der Waals surface area contributed by atoms with Crippen molar-refractivity contribution < 1.29 is 4.57 Å². The second kappa shape index (κ2) is 6.87. The van der Waals surface area contributed by atoms with Crippen molar-refractivity contribution in [1.82, 2.24) is 0 Å². The molecule has 1 fully saturated rings. The Bertz CT molecular complexity index is 946. The van der Waals surface area contributed by atoms with Crippen LogP contribution in [0.2, 0.25) is 0 Å². The van der Waals surface area contributed by atoms with Crippen LogP contribution in [-0.2, 0) is 7.05 Å². The van der Waals surface area contributed by atoms with Crippen molar-refractivity contribution in [3.05, 3.63) is 65.4 Å². The van der Waals surface area contributed by atoms with Gasteiger partial charge in [0.05, 0.1) is 5.39 Å². The lowest BCUT2D eigenvalue weighted by Gasteiger charge is -2.14. The van der Waals surface area contributed by atoms with Gasteiger partial charge in [0, 0.05) is 11.6 Å². The summed E-state index contributed by atoms with van der Waals surface area (Å²) in [5.41, 5.74) is 6.98. The third kappa shape index (κ3) is 3.05. The molecule has 3 aromatic rings. The summed E-state index contributed by atoms with van der Waals surface area (Å²) in [5, 5.41) is 2.73. The number of pyridine rings is 1. The third-order valence-corrected chi connectivity index (χ3v) is 6.17. The highest BCUT2D eigenvalue weighted by molar-refractivity contribution is 5.94. The molecule has 0 aliphatic heterocycles. The van der Waals surface area contributed by atoms with Gasteiger partial charge in [0.1, 0.15) is 7.05 Å². The fourth-order valence-corrected chi connectivity index (χ4v) is 4.49. The van der Waals surface area contributed by atoms with Crippen LogP contribution in [-0.4, -0.2) is 0 Å². The summed E-state index contributed by atoms with van der Waals surface area (Å²) in [6.45, 7) is 6.77. The Hall–Kier alpha value is -2.15. The minimum Gasteiger partial charge on any atom is -0.200 e. The fraction of sp³-hybridized carbons (Fsp3) is 0.400. The highest BCUT2D eigenvalue weighted by atomic mass is 14.9. The van der Waals surface area contributed by atoms with E-state index in [4.69, 9.17) is 0 Å². The summed E-state index contributed by atoms with van der Waals surface area (Å²) in [6.07, 6.45) is 7.71. The van der Waals surface area contributed by atoms with Gasteiger partial charge in [-0.05, 0) is 65.8 Å². The number of aryl methyl sites for hydroxylation is 2. The monoisotopic (exact) mass is 344 g/mol. The molecule has 0 atom stereocenters. The number of hydrogen-bond donors (Lipinski definition) is 0. The van der Waals surface area contributed by atoms with Crippen LogP contribution < -0.4 is 4.57 Å². The molecule has 134 valence electrons. The molecule has 2 aromatic carbocycles. The average Bonchev–Trinajstić information content (AvgIpc) is 3.17. The molecule has 0 saturated heterocycles. The average molecular weight is 345 g/mol. The smallest absolute Gasteiger partial charge is 0.200 e. The Labute approximate surface area is 157 Å². The predicted molar refractivity (Wildman–Crippen MR) is 111 cm³/mol.